The summed E-state index contributed by atoms with van der Waals surface area (Å²) in [7, 11) is 0. The number of benzene rings is 1. The van der Waals surface area contributed by atoms with Crippen LogP contribution in [0.3, 0.4) is 0 Å². The number of Topliss-reactive ketones (excluding diaryl/α,β-unsaturated/α-hetero) is 2. The van der Waals surface area contributed by atoms with Gasteiger partial charge in [0.25, 0.3) is 0 Å². The average Bonchev–Trinajstić information content (AvgIpc) is 2.57. The molecule has 1 rings (SSSR count). The molecule has 0 radical (unpaired) electrons. The predicted octanol–water partition coefficient (Wildman–Crippen LogP) is 4.32. The minimum atomic E-state index is -0.477. The predicted molar refractivity (Wildman–Crippen MR) is 108 cm³/mol. The molecule has 0 spiro atoms. The molecular weight excluding hydrogens is 358 g/mol. The van der Waals surface area contributed by atoms with E-state index in [4.69, 9.17) is 4.74 Å². The largest absolute Gasteiger partial charge is 0.427 e. The maximum absolute atomic E-state index is 12.0. The Kier molecular flexibility index (Phi) is 8.09. The molecule has 0 saturated heterocycles. The highest BCUT2D eigenvalue weighted by atomic mass is 16.5. The van der Waals surface area contributed by atoms with Crippen molar-refractivity contribution in [1.29, 1.82) is 0 Å². The molecule has 0 aliphatic carbocycles. The second kappa shape index (κ2) is 9.62. The highest BCUT2D eigenvalue weighted by molar-refractivity contribution is 5.94. The van der Waals surface area contributed by atoms with Gasteiger partial charge in [-0.05, 0) is 24.3 Å². The first-order valence-corrected chi connectivity index (χ1v) is 9.46. The van der Waals surface area contributed by atoms with Crippen LogP contribution in [0.4, 0.5) is 5.69 Å². The lowest BCUT2D eigenvalue weighted by atomic mass is 9.88. The van der Waals surface area contributed by atoms with E-state index in [0.717, 1.165) is 0 Å². The first-order valence-electron chi connectivity index (χ1n) is 9.46. The zero-order valence-corrected chi connectivity index (χ0v) is 17.7. The summed E-state index contributed by atoms with van der Waals surface area (Å²) in [5.41, 5.74) is -0.378. The van der Waals surface area contributed by atoms with Crippen molar-refractivity contribution in [3.8, 4) is 5.75 Å². The monoisotopic (exact) mass is 389 g/mol. The first kappa shape index (κ1) is 23.5. The Hall–Kier alpha value is -2.50. The van der Waals surface area contributed by atoms with E-state index in [2.05, 4.69) is 5.32 Å². The van der Waals surface area contributed by atoms with Crippen molar-refractivity contribution < 1.29 is 23.9 Å². The van der Waals surface area contributed by atoms with Crippen LogP contribution < -0.4 is 10.1 Å². The summed E-state index contributed by atoms with van der Waals surface area (Å²) < 4.78 is 5.21. The average molecular weight is 389 g/mol. The molecule has 1 N–H and O–H groups in total. The third-order valence-electron chi connectivity index (χ3n) is 4.18. The number of hydrogen-bond acceptors (Lipinski definition) is 5. The van der Waals surface area contributed by atoms with Crippen LogP contribution in [0.1, 0.15) is 67.2 Å². The number of esters is 1. The third kappa shape index (κ3) is 8.46. The number of rotatable bonds is 8. The molecule has 0 bridgehead atoms. The molecule has 0 unspecified atom stereocenters. The van der Waals surface area contributed by atoms with E-state index >= 15 is 0 Å². The van der Waals surface area contributed by atoms with Crippen LogP contribution in [0.15, 0.2) is 24.3 Å². The summed E-state index contributed by atoms with van der Waals surface area (Å²) in [6.07, 6.45) is 0.479. The van der Waals surface area contributed by atoms with Gasteiger partial charge in [0.2, 0.25) is 5.91 Å². The lowest BCUT2D eigenvalue weighted by Crippen LogP contribution is -2.22. The van der Waals surface area contributed by atoms with Crippen molar-refractivity contribution in [3.05, 3.63) is 24.3 Å². The Morgan fingerprint density at radius 2 is 1.21 bits per heavy atom. The summed E-state index contributed by atoms with van der Waals surface area (Å²) in [4.78, 5) is 47.5. The van der Waals surface area contributed by atoms with Crippen LogP contribution in [-0.4, -0.2) is 23.4 Å². The minimum absolute atomic E-state index is 0.00690. The lowest BCUT2D eigenvalue weighted by molar-refractivity contribution is -0.137. The van der Waals surface area contributed by atoms with E-state index in [0.29, 0.717) is 11.4 Å². The fourth-order valence-electron chi connectivity index (χ4n) is 2.20. The molecule has 0 aromatic heterocycles. The van der Waals surface area contributed by atoms with Gasteiger partial charge in [-0.25, -0.2) is 0 Å². The van der Waals surface area contributed by atoms with E-state index in [-0.39, 0.29) is 43.2 Å². The van der Waals surface area contributed by atoms with Crippen molar-refractivity contribution in [2.45, 2.75) is 67.2 Å². The Bertz CT molecular complexity index is 658. The summed E-state index contributed by atoms with van der Waals surface area (Å²) in [6.45, 7) is 10.9. The zero-order valence-electron chi connectivity index (χ0n) is 17.7. The van der Waals surface area contributed by atoms with Gasteiger partial charge in [0.15, 0.2) is 0 Å². The summed E-state index contributed by atoms with van der Waals surface area (Å²) >= 11 is 0. The van der Waals surface area contributed by atoms with Gasteiger partial charge in [-0.1, -0.05) is 41.5 Å². The maximum Gasteiger partial charge on any atom is 0.311 e. The highest BCUT2D eigenvalue weighted by Gasteiger charge is 2.22. The number of anilines is 1. The number of carbonyl (C=O) groups is 4. The number of nitrogens with one attached hydrogen (secondary N) is 1. The number of ketones is 2. The van der Waals surface area contributed by atoms with Gasteiger partial charge in [0.05, 0.1) is 6.42 Å². The smallest absolute Gasteiger partial charge is 0.311 e. The molecule has 0 aliphatic rings. The highest BCUT2D eigenvalue weighted by Crippen LogP contribution is 2.20. The molecule has 154 valence electrons. The molecule has 0 saturated carbocycles. The number of amides is 1. The quantitative estimate of drug-likeness (QED) is 0.528. The van der Waals surface area contributed by atoms with Gasteiger partial charge in [0, 0.05) is 35.8 Å². The standard InChI is InChI=1S/C22H31NO5/c1-21(2,3)17(24)11-13-19(26)23-15-7-9-16(10-8-15)28-20(27)14-12-18(25)22(4,5)6/h7-10H,11-14H2,1-6H3,(H,23,26). The number of hydrogen-bond donors (Lipinski definition) is 1. The molecule has 0 heterocycles. The van der Waals surface area contributed by atoms with Gasteiger partial charge < -0.3 is 10.1 Å². The maximum atomic E-state index is 12.0. The molecular formula is C22H31NO5. The first-order chi connectivity index (χ1) is 12.8. The van der Waals surface area contributed by atoms with Crippen molar-refractivity contribution in [2.75, 3.05) is 5.32 Å². The summed E-state index contributed by atoms with van der Waals surface area (Å²) in [5.74, 6) is -0.338. The van der Waals surface area contributed by atoms with Crippen LogP contribution in [0.25, 0.3) is 0 Å². The lowest BCUT2D eigenvalue weighted by Gasteiger charge is -2.16. The van der Waals surface area contributed by atoms with Crippen LogP contribution in [0, 0.1) is 10.8 Å². The van der Waals surface area contributed by atoms with Crippen molar-refractivity contribution in [2.24, 2.45) is 10.8 Å². The van der Waals surface area contributed by atoms with Gasteiger partial charge in [0.1, 0.15) is 17.3 Å². The molecule has 0 fully saturated rings. The van der Waals surface area contributed by atoms with E-state index in [1.54, 1.807) is 24.3 Å². The number of carbonyl (C=O) groups excluding carboxylic acids is 4. The van der Waals surface area contributed by atoms with Crippen molar-refractivity contribution in [1.82, 2.24) is 0 Å². The van der Waals surface area contributed by atoms with Gasteiger partial charge in [-0.15, -0.1) is 0 Å². The fraction of sp³-hybridized carbons (Fsp3) is 0.545. The summed E-state index contributed by atoms with van der Waals surface area (Å²) in [6, 6.07) is 6.37. The topological polar surface area (TPSA) is 89.5 Å². The summed E-state index contributed by atoms with van der Waals surface area (Å²) in [5, 5.41) is 2.71. The van der Waals surface area contributed by atoms with Crippen LogP contribution in [-0.2, 0) is 19.2 Å². The fourth-order valence-corrected chi connectivity index (χ4v) is 2.20. The molecule has 6 heteroatoms. The number of ether oxygens (including phenoxy) is 1. The Labute approximate surface area is 167 Å². The van der Waals surface area contributed by atoms with Crippen LogP contribution in [0.5, 0.6) is 5.75 Å². The second-order valence-corrected chi connectivity index (χ2v) is 8.89. The van der Waals surface area contributed by atoms with Crippen molar-refractivity contribution in [3.63, 3.8) is 0 Å². The van der Waals surface area contributed by atoms with Gasteiger partial charge >= 0.3 is 5.97 Å². The normalized spacial score (nSPS) is 11.6. The molecule has 1 aromatic carbocycles. The van der Waals surface area contributed by atoms with Gasteiger partial charge in [-0.2, -0.15) is 0 Å². The Balaban J connectivity index is 2.46. The Morgan fingerprint density at radius 1 is 0.750 bits per heavy atom. The molecule has 0 aliphatic heterocycles. The molecule has 6 nitrogen and oxygen atoms in total. The minimum Gasteiger partial charge on any atom is -0.427 e. The van der Waals surface area contributed by atoms with E-state index < -0.39 is 16.8 Å². The van der Waals surface area contributed by atoms with Crippen LogP contribution >= 0.6 is 0 Å². The van der Waals surface area contributed by atoms with Crippen LogP contribution in [0.2, 0.25) is 0 Å². The molecule has 0 atom stereocenters. The second-order valence-electron chi connectivity index (χ2n) is 8.89. The van der Waals surface area contributed by atoms with Gasteiger partial charge in [-0.3, -0.25) is 19.2 Å². The molecule has 28 heavy (non-hydrogen) atoms. The Morgan fingerprint density at radius 3 is 1.68 bits per heavy atom. The zero-order chi connectivity index (χ0) is 21.5. The SMILES string of the molecule is CC(C)(C)C(=O)CCC(=O)Nc1ccc(OC(=O)CCC(=O)C(C)(C)C)cc1. The van der Waals surface area contributed by atoms with E-state index in [9.17, 15) is 19.2 Å². The van der Waals surface area contributed by atoms with Crippen molar-refractivity contribution >= 4 is 29.1 Å². The van der Waals surface area contributed by atoms with E-state index in [1.165, 1.54) is 0 Å². The molecule has 1 amide bonds. The third-order valence-corrected chi connectivity index (χ3v) is 4.18. The molecule has 1 aromatic rings. The van der Waals surface area contributed by atoms with E-state index in [1.807, 2.05) is 41.5 Å².